The summed E-state index contributed by atoms with van der Waals surface area (Å²) in [5.74, 6) is -0.117. The Kier molecular flexibility index (Phi) is 7.65. The Morgan fingerprint density at radius 1 is 1.36 bits per heavy atom. The maximum atomic E-state index is 11.9. The number of anilines is 1. The van der Waals surface area contributed by atoms with Crippen molar-refractivity contribution in [3.63, 3.8) is 0 Å². The van der Waals surface area contributed by atoms with Gasteiger partial charge in [0.1, 0.15) is 11.9 Å². The van der Waals surface area contributed by atoms with Gasteiger partial charge in [-0.2, -0.15) is 0 Å². The molecule has 1 aromatic carbocycles. The Morgan fingerprint density at radius 3 is 2.68 bits per heavy atom. The number of methoxy groups -OCH3 is 1. The van der Waals surface area contributed by atoms with Crippen LogP contribution < -0.4 is 15.4 Å². The monoisotopic (exact) mass is 330 g/mol. The van der Waals surface area contributed by atoms with E-state index in [1.54, 1.807) is 24.3 Å². The first-order valence-corrected chi connectivity index (χ1v) is 6.62. The standard InChI is InChI=1S/C14H18N2O5.ClH/c1-19-13(17)9-21-11-4-2-10(3-5-11)16-14(18)12-8-15-6-7-20-12;/h2-5,12,15H,6-9H2,1H3,(H,16,18);1H. The largest absolute Gasteiger partial charge is 0.482 e. The molecule has 1 aromatic rings. The minimum absolute atomic E-state index is 0. The highest BCUT2D eigenvalue weighted by atomic mass is 35.5. The number of esters is 1. The molecule has 0 bridgehead atoms. The predicted octanol–water partition coefficient (Wildman–Crippen LogP) is 0.587. The molecular weight excluding hydrogens is 312 g/mol. The number of hydrogen-bond acceptors (Lipinski definition) is 6. The number of carbonyl (C=O) groups excluding carboxylic acids is 2. The Hall–Kier alpha value is -1.83. The third-order valence-corrected chi connectivity index (χ3v) is 2.93. The molecule has 0 aromatic heterocycles. The number of halogens is 1. The number of amides is 1. The third-order valence-electron chi connectivity index (χ3n) is 2.93. The molecule has 2 rings (SSSR count). The van der Waals surface area contributed by atoms with E-state index in [1.165, 1.54) is 7.11 Å². The van der Waals surface area contributed by atoms with Gasteiger partial charge in [-0.1, -0.05) is 0 Å². The quantitative estimate of drug-likeness (QED) is 0.768. The second-order valence-electron chi connectivity index (χ2n) is 4.44. The van der Waals surface area contributed by atoms with Gasteiger partial charge in [0.2, 0.25) is 0 Å². The molecule has 1 heterocycles. The van der Waals surface area contributed by atoms with Crippen molar-refractivity contribution in [3.8, 4) is 5.75 Å². The summed E-state index contributed by atoms with van der Waals surface area (Å²) in [6.45, 7) is 1.64. The van der Waals surface area contributed by atoms with E-state index in [1.807, 2.05) is 0 Å². The number of hydrogen-bond donors (Lipinski definition) is 2. The van der Waals surface area contributed by atoms with E-state index >= 15 is 0 Å². The number of morpholine rings is 1. The van der Waals surface area contributed by atoms with E-state index < -0.39 is 12.1 Å². The Bertz CT molecular complexity index is 489. The molecule has 0 radical (unpaired) electrons. The van der Waals surface area contributed by atoms with Crippen molar-refractivity contribution in [1.29, 1.82) is 0 Å². The lowest BCUT2D eigenvalue weighted by molar-refractivity contribution is -0.142. The molecule has 8 heteroatoms. The highest BCUT2D eigenvalue weighted by molar-refractivity contribution is 5.94. The van der Waals surface area contributed by atoms with Gasteiger partial charge in [0.25, 0.3) is 5.91 Å². The second kappa shape index (κ2) is 9.24. The van der Waals surface area contributed by atoms with E-state index in [2.05, 4.69) is 15.4 Å². The summed E-state index contributed by atoms with van der Waals surface area (Å²) in [5.41, 5.74) is 0.639. The minimum atomic E-state index is -0.478. The first-order chi connectivity index (χ1) is 10.2. The van der Waals surface area contributed by atoms with Crippen LogP contribution in [0.1, 0.15) is 0 Å². The predicted molar refractivity (Wildman–Crippen MR) is 82.4 cm³/mol. The molecule has 0 spiro atoms. The topological polar surface area (TPSA) is 85.9 Å². The first kappa shape index (κ1) is 18.2. The number of rotatable bonds is 5. The summed E-state index contributed by atoms with van der Waals surface area (Å²) in [6.07, 6.45) is -0.478. The number of nitrogens with one attached hydrogen (secondary N) is 2. The van der Waals surface area contributed by atoms with Crippen molar-refractivity contribution in [2.45, 2.75) is 6.10 Å². The van der Waals surface area contributed by atoms with Crippen LogP contribution in [0.5, 0.6) is 5.75 Å². The molecule has 1 fully saturated rings. The zero-order valence-corrected chi connectivity index (χ0v) is 13.0. The first-order valence-electron chi connectivity index (χ1n) is 6.62. The third kappa shape index (κ3) is 5.51. The highest BCUT2D eigenvalue weighted by Crippen LogP contribution is 2.16. The van der Waals surface area contributed by atoms with Gasteiger partial charge in [-0.15, -0.1) is 12.4 Å². The zero-order chi connectivity index (χ0) is 15.1. The van der Waals surface area contributed by atoms with Crippen LogP contribution in [0, 0.1) is 0 Å². The van der Waals surface area contributed by atoms with Gasteiger partial charge in [0.15, 0.2) is 6.61 Å². The van der Waals surface area contributed by atoms with Crippen LogP contribution in [0.4, 0.5) is 5.69 Å². The maximum absolute atomic E-state index is 11.9. The molecule has 1 aliphatic heterocycles. The average Bonchev–Trinajstić information content (AvgIpc) is 2.54. The molecule has 22 heavy (non-hydrogen) atoms. The van der Waals surface area contributed by atoms with Crippen LogP contribution in [0.15, 0.2) is 24.3 Å². The SMILES string of the molecule is COC(=O)COc1ccc(NC(=O)C2CNCCO2)cc1.Cl. The number of ether oxygens (including phenoxy) is 3. The summed E-state index contributed by atoms with van der Waals surface area (Å²) in [6, 6.07) is 6.72. The van der Waals surface area contributed by atoms with Crippen molar-refractivity contribution in [2.75, 3.05) is 38.7 Å². The van der Waals surface area contributed by atoms with Crippen molar-refractivity contribution in [2.24, 2.45) is 0 Å². The number of benzene rings is 1. The summed E-state index contributed by atoms with van der Waals surface area (Å²) < 4.78 is 15.1. The van der Waals surface area contributed by atoms with E-state index in [4.69, 9.17) is 9.47 Å². The molecule has 1 amide bonds. The fourth-order valence-electron chi connectivity index (χ4n) is 1.79. The van der Waals surface area contributed by atoms with E-state index in [0.717, 1.165) is 6.54 Å². The van der Waals surface area contributed by atoms with Crippen LogP contribution in [0.25, 0.3) is 0 Å². The van der Waals surface area contributed by atoms with Crippen LogP contribution in [-0.2, 0) is 19.1 Å². The normalized spacial score (nSPS) is 17.0. The van der Waals surface area contributed by atoms with Crippen LogP contribution in [-0.4, -0.2) is 51.4 Å². The van der Waals surface area contributed by atoms with Gasteiger partial charge < -0.3 is 24.8 Å². The molecule has 0 aliphatic carbocycles. The molecule has 0 saturated carbocycles. The molecule has 7 nitrogen and oxygen atoms in total. The van der Waals surface area contributed by atoms with E-state index in [9.17, 15) is 9.59 Å². The van der Waals surface area contributed by atoms with Crippen molar-refractivity contribution < 1.29 is 23.8 Å². The lowest BCUT2D eigenvalue weighted by Crippen LogP contribution is -2.45. The Balaban J connectivity index is 0.00000242. The smallest absolute Gasteiger partial charge is 0.343 e. The lowest BCUT2D eigenvalue weighted by atomic mass is 10.2. The summed E-state index contributed by atoms with van der Waals surface area (Å²) in [5, 5.41) is 5.86. The average molecular weight is 331 g/mol. The molecule has 1 atom stereocenters. The van der Waals surface area contributed by atoms with Gasteiger partial charge in [-0.05, 0) is 24.3 Å². The fraction of sp³-hybridized carbons (Fsp3) is 0.429. The Morgan fingerprint density at radius 2 is 2.09 bits per heavy atom. The molecule has 2 N–H and O–H groups in total. The van der Waals surface area contributed by atoms with Gasteiger partial charge in [0.05, 0.1) is 13.7 Å². The van der Waals surface area contributed by atoms with Gasteiger partial charge >= 0.3 is 5.97 Å². The van der Waals surface area contributed by atoms with Gasteiger partial charge in [-0.25, -0.2) is 4.79 Å². The Labute approximate surface area is 134 Å². The van der Waals surface area contributed by atoms with Gasteiger partial charge in [0, 0.05) is 18.8 Å². The number of carbonyl (C=O) groups is 2. The summed E-state index contributed by atoms with van der Waals surface area (Å²) in [4.78, 5) is 22.9. The van der Waals surface area contributed by atoms with Crippen LogP contribution >= 0.6 is 12.4 Å². The van der Waals surface area contributed by atoms with Crippen LogP contribution in [0.2, 0.25) is 0 Å². The van der Waals surface area contributed by atoms with Gasteiger partial charge in [-0.3, -0.25) is 4.79 Å². The lowest BCUT2D eigenvalue weighted by Gasteiger charge is -2.22. The zero-order valence-electron chi connectivity index (χ0n) is 12.2. The summed E-state index contributed by atoms with van der Waals surface area (Å²) >= 11 is 0. The van der Waals surface area contributed by atoms with Crippen LogP contribution in [0.3, 0.4) is 0 Å². The molecule has 1 unspecified atom stereocenters. The maximum Gasteiger partial charge on any atom is 0.343 e. The minimum Gasteiger partial charge on any atom is -0.482 e. The molecular formula is C14H19ClN2O5. The fourth-order valence-corrected chi connectivity index (χ4v) is 1.79. The van der Waals surface area contributed by atoms with Crippen molar-refractivity contribution in [1.82, 2.24) is 5.32 Å². The molecule has 1 saturated heterocycles. The van der Waals surface area contributed by atoms with E-state index in [0.29, 0.717) is 24.6 Å². The van der Waals surface area contributed by atoms with Crippen molar-refractivity contribution in [3.05, 3.63) is 24.3 Å². The second-order valence-corrected chi connectivity index (χ2v) is 4.44. The van der Waals surface area contributed by atoms with E-state index in [-0.39, 0.29) is 24.9 Å². The molecule has 122 valence electrons. The highest BCUT2D eigenvalue weighted by Gasteiger charge is 2.21. The molecule has 1 aliphatic rings. The van der Waals surface area contributed by atoms with Crippen molar-refractivity contribution >= 4 is 30.0 Å². The summed E-state index contributed by atoms with van der Waals surface area (Å²) in [7, 11) is 1.30.